The van der Waals surface area contributed by atoms with E-state index in [0.717, 1.165) is 6.42 Å². The molecule has 1 aliphatic rings. The van der Waals surface area contributed by atoms with Crippen molar-refractivity contribution in [3.05, 3.63) is 27.9 Å². The third kappa shape index (κ3) is 2.11. The van der Waals surface area contributed by atoms with Crippen molar-refractivity contribution in [1.82, 2.24) is 4.98 Å². The van der Waals surface area contributed by atoms with Crippen molar-refractivity contribution >= 4 is 17.4 Å². The molecule has 90 valence electrons. The molecule has 0 N–H and O–H groups in total. The Balaban J connectivity index is 2.37. The van der Waals surface area contributed by atoms with Gasteiger partial charge in [0.2, 0.25) is 5.91 Å². The lowest BCUT2D eigenvalue weighted by Gasteiger charge is -2.14. The topological polar surface area (TPSA) is 76.3 Å². The molecule has 0 spiro atoms. The van der Waals surface area contributed by atoms with Gasteiger partial charge in [0.05, 0.1) is 4.92 Å². The van der Waals surface area contributed by atoms with E-state index in [1.54, 1.807) is 11.0 Å². The first-order chi connectivity index (χ1) is 8.13. The Labute approximate surface area is 98.4 Å². The monoisotopic (exact) mass is 235 g/mol. The summed E-state index contributed by atoms with van der Waals surface area (Å²) in [6.45, 7) is 2.49. The van der Waals surface area contributed by atoms with Crippen LogP contribution in [0.4, 0.5) is 11.5 Å². The Morgan fingerprint density at radius 2 is 2.35 bits per heavy atom. The fourth-order valence-corrected chi connectivity index (χ4v) is 1.96. The van der Waals surface area contributed by atoms with Crippen LogP contribution in [0.1, 0.15) is 25.3 Å². The molecule has 6 nitrogen and oxygen atoms in total. The second kappa shape index (κ2) is 4.48. The van der Waals surface area contributed by atoms with E-state index in [0.29, 0.717) is 30.8 Å². The van der Waals surface area contributed by atoms with Crippen LogP contribution in [0.25, 0.3) is 0 Å². The first-order valence-electron chi connectivity index (χ1n) is 5.57. The summed E-state index contributed by atoms with van der Waals surface area (Å²) in [5.41, 5.74) is 0.627. The highest BCUT2D eigenvalue weighted by molar-refractivity contribution is 5.94. The van der Waals surface area contributed by atoms with E-state index in [4.69, 9.17) is 0 Å². The van der Waals surface area contributed by atoms with E-state index >= 15 is 0 Å². The number of hydrogen-bond acceptors (Lipinski definition) is 4. The number of nitro groups is 1. The minimum atomic E-state index is -0.443. The van der Waals surface area contributed by atoms with Crippen molar-refractivity contribution in [3.8, 4) is 0 Å². The summed E-state index contributed by atoms with van der Waals surface area (Å²) in [6.07, 6.45) is 3.13. The zero-order valence-corrected chi connectivity index (χ0v) is 9.55. The first-order valence-corrected chi connectivity index (χ1v) is 5.57. The van der Waals surface area contributed by atoms with Gasteiger partial charge in [-0.1, -0.05) is 6.92 Å². The van der Waals surface area contributed by atoms with Gasteiger partial charge < -0.3 is 0 Å². The SMILES string of the molecule is CCc1cc(N2CCCC2=O)ncc1[N+](=O)[O-]. The van der Waals surface area contributed by atoms with Gasteiger partial charge in [0, 0.05) is 18.5 Å². The normalized spacial score (nSPS) is 15.4. The quantitative estimate of drug-likeness (QED) is 0.590. The molecule has 0 saturated carbocycles. The van der Waals surface area contributed by atoms with Crippen LogP contribution >= 0.6 is 0 Å². The van der Waals surface area contributed by atoms with Crippen molar-refractivity contribution in [2.75, 3.05) is 11.4 Å². The summed E-state index contributed by atoms with van der Waals surface area (Å²) < 4.78 is 0. The summed E-state index contributed by atoms with van der Waals surface area (Å²) >= 11 is 0. The van der Waals surface area contributed by atoms with Gasteiger partial charge in [-0.15, -0.1) is 0 Å². The zero-order valence-electron chi connectivity index (χ0n) is 9.55. The second-order valence-corrected chi connectivity index (χ2v) is 3.93. The van der Waals surface area contributed by atoms with Gasteiger partial charge in [-0.3, -0.25) is 19.8 Å². The van der Waals surface area contributed by atoms with Crippen molar-refractivity contribution in [2.24, 2.45) is 0 Å². The molecule has 0 unspecified atom stereocenters. The van der Waals surface area contributed by atoms with Gasteiger partial charge in [-0.25, -0.2) is 4.98 Å². The lowest BCUT2D eigenvalue weighted by molar-refractivity contribution is -0.385. The van der Waals surface area contributed by atoms with Gasteiger partial charge in [0.1, 0.15) is 12.0 Å². The molecule has 2 heterocycles. The van der Waals surface area contributed by atoms with E-state index in [1.165, 1.54) is 6.20 Å². The predicted molar refractivity (Wildman–Crippen MR) is 61.9 cm³/mol. The molecule has 2 rings (SSSR count). The molecule has 1 saturated heterocycles. The number of pyridine rings is 1. The van der Waals surface area contributed by atoms with E-state index in [2.05, 4.69) is 4.98 Å². The molecule has 0 bridgehead atoms. The first kappa shape index (κ1) is 11.5. The summed E-state index contributed by atoms with van der Waals surface area (Å²) in [6, 6.07) is 1.64. The van der Waals surface area contributed by atoms with Gasteiger partial charge in [-0.2, -0.15) is 0 Å². The lowest BCUT2D eigenvalue weighted by atomic mass is 10.1. The number of aryl methyl sites for hydroxylation is 1. The van der Waals surface area contributed by atoms with E-state index < -0.39 is 4.92 Å². The maximum atomic E-state index is 11.5. The molecule has 0 atom stereocenters. The number of amides is 1. The van der Waals surface area contributed by atoms with Crippen LogP contribution in [-0.4, -0.2) is 22.4 Å². The van der Waals surface area contributed by atoms with E-state index in [9.17, 15) is 14.9 Å². The number of carbonyl (C=O) groups is 1. The van der Waals surface area contributed by atoms with Crippen LogP contribution in [0.15, 0.2) is 12.3 Å². The molecule has 1 aliphatic heterocycles. The Bertz CT molecular complexity index is 473. The molecule has 1 fully saturated rings. The highest BCUT2D eigenvalue weighted by Crippen LogP contribution is 2.25. The van der Waals surface area contributed by atoms with Crippen LogP contribution in [0, 0.1) is 10.1 Å². The van der Waals surface area contributed by atoms with Crippen molar-refractivity contribution in [1.29, 1.82) is 0 Å². The predicted octanol–water partition coefficient (Wildman–Crippen LogP) is 1.68. The molecule has 1 aromatic rings. The molecule has 6 heteroatoms. The van der Waals surface area contributed by atoms with Gasteiger partial charge in [0.15, 0.2) is 0 Å². The second-order valence-electron chi connectivity index (χ2n) is 3.93. The highest BCUT2D eigenvalue weighted by atomic mass is 16.6. The molecular formula is C11H13N3O3. The van der Waals surface area contributed by atoms with Crippen molar-refractivity contribution in [2.45, 2.75) is 26.2 Å². The van der Waals surface area contributed by atoms with Crippen LogP contribution in [0.3, 0.4) is 0 Å². The number of hydrogen-bond donors (Lipinski definition) is 0. The summed E-state index contributed by atoms with van der Waals surface area (Å²) in [5, 5.41) is 10.8. The Hall–Kier alpha value is -1.98. The van der Waals surface area contributed by atoms with Crippen LogP contribution in [0.2, 0.25) is 0 Å². The number of rotatable bonds is 3. The average Bonchev–Trinajstić information content (AvgIpc) is 2.74. The van der Waals surface area contributed by atoms with Gasteiger partial charge in [0.25, 0.3) is 5.69 Å². The van der Waals surface area contributed by atoms with Crippen LogP contribution < -0.4 is 4.90 Å². The lowest BCUT2D eigenvalue weighted by Crippen LogP contribution is -2.24. The molecule has 0 aliphatic carbocycles. The summed E-state index contributed by atoms with van der Waals surface area (Å²) in [4.78, 5) is 27.5. The summed E-state index contributed by atoms with van der Waals surface area (Å²) in [7, 11) is 0. The maximum Gasteiger partial charge on any atom is 0.290 e. The molecule has 0 radical (unpaired) electrons. The van der Waals surface area contributed by atoms with Crippen LogP contribution in [0.5, 0.6) is 0 Å². The minimum Gasteiger partial charge on any atom is -0.297 e. The largest absolute Gasteiger partial charge is 0.297 e. The van der Waals surface area contributed by atoms with Crippen LogP contribution in [-0.2, 0) is 11.2 Å². The summed E-state index contributed by atoms with van der Waals surface area (Å²) in [5.74, 6) is 0.559. The fraction of sp³-hybridized carbons (Fsp3) is 0.455. The smallest absolute Gasteiger partial charge is 0.290 e. The molecule has 1 amide bonds. The molecule has 0 aromatic carbocycles. The minimum absolute atomic E-state index is 0.0166. The third-order valence-electron chi connectivity index (χ3n) is 2.88. The van der Waals surface area contributed by atoms with E-state index in [-0.39, 0.29) is 11.6 Å². The Morgan fingerprint density at radius 3 is 2.88 bits per heavy atom. The Kier molecular flexibility index (Phi) is 3.03. The van der Waals surface area contributed by atoms with Gasteiger partial charge in [-0.05, 0) is 18.9 Å². The number of aromatic nitrogens is 1. The molecular weight excluding hydrogens is 222 g/mol. The molecule has 1 aromatic heterocycles. The third-order valence-corrected chi connectivity index (χ3v) is 2.88. The number of nitrogens with zero attached hydrogens (tertiary/aromatic N) is 3. The van der Waals surface area contributed by atoms with Crippen molar-refractivity contribution in [3.63, 3.8) is 0 Å². The maximum absolute atomic E-state index is 11.5. The standard InChI is InChI=1S/C11H13N3O3/c1-2-8-6-10(12-7-9(8)14(16)17)13-5-3-4-11(13)15/h6-7H,2-5H2,1H3. The zero-order chi connectivity index (χ0) is 12.4. The number of carbonyl (C=O) groups excluding carboxylic acids is 1. The van der Waals surface area contributed by atoms with Gasteiger partial charge >= 0.3 is 0 Å². The fourth-order valence-electron chi connectivity index (χ4n) is 1.96. The highest BCUT2D eigenvalue weighted by Gasteiger charge is 2.24. The average molecular weight is 235 g/mol. The van der Waals surface area contributed by atoms with E-state index in [1.807, 2.05) is 6.92 Å². The molecule has 17 heavy (non-hydrogen) atoms. The van der Waals surface area contributed by atoms with Crippen molar-refractivity contribution < 1.29 is 9.72 Å². The Morgan fingerprint density at radius 1 is 1.59 bits per heavy atom. The number of anilines is 1.